The van der Waals surface area contributed by atoms with E-state index in [9.17, 15) is 14.4 Å². The predicted octanol–water partition coefficient (Wildman–Crippen LogP) is 4.49. The van der Waals surface area contributed by atoms with Crippen molar-refractivity contribution in [2.24, 2.45) is 0 Å². The monoisotopic (exact) mass is 562 g/mol. The number of hydrogen-bond donors (Lipinski definition) is 3. The first kappa shape index (κ1) is 31.2. The Kier molecular flexibility index (Phi) is 10.9. The molecular formula is C31H38N4O6. The van der Waals surface area contributed by atoms with Crippen LogP contribution in [0, 0.1) is 17.3 Å². The Morgan fingerprint density at radius 3 is 2.37 bits per heavy atom. The number of esters is 1. The topological polar surface area (TPSA) is 130 Å². The van der Waals surface area contributed by atoms with Crippen molar-refractivity contribution < 1.29 is 28.6 Å². The minimum Gasteiger partial charge on any atom is -0.464 e. The van der Waals surface area contributed by atoms with E-state index in [2.05, 4.69) is 22.5 Å². The van der Waals surface area contributed by atoms with E-state index < -0.39 is 23.8 Å². The Balaban J connectivity index is 1.69. The average molecular weight is 563 g/mol. The smallest absolute Gasteiger partial charge is 0.413 e. The van der Waals surface area contributed by atoms with Crippen LogP contribution >= 0.6 is 0 Å². The van der Waals surface area contributed by atoms with Gasteiger partial charge in [0.1, 0.15) is 11.4 Å². The number of alkyl carbamates (subject to hydrolysis) is 1. The van der Waals surface area contributed by atoms with Crippen molar-refractivity contribution in [2.45, 2.75) is 52.2 Å². The van der Waals surface area contributed by atoms with Crippen LogP contribution in [-0.2, 0) is 19.0 Å². The summed E-state index contributed by atoms with van der Waals surface area (Å²) in [4.78, 5) is 39.5. The van der Waals surface area contributed by atoms with E-state index in [0.29, 0.717) is 41.9 Å². The predicted molar refractivity (Wildman–Crippen MR) is 156 cm³/mol. The summed E-state index contributed by atoms with van der Waals surface area (Å²) < 4.78 is 15.8. The van der Waals surface area contributed by atoms with Gasteiger partial charge in [-0.25, -0.2) is 9.59 Å². The molecule has 2 amide bonds. The van der Waals surface area contributed by atoms with Crippen molar-refractivity contribution in [3.63, 3.8) is 0 Å². The summed E-state index contributed by atoms with van der Waals surface area (Å²) in [7, 11) is 1.41. The summed E-state index contributed by atoms with van der Waals surface area (Å²) in [5.74, 6) is 5.36. The van der Waals surface area contributed by atoms with Crippen molar-refractivity contribution in [1.82, 2.24) is 10.2 Å². The second-order valence-corrected chi connectivity index (χ2v) is 10.4. The lowest BCUT2D eigenvalue weighted by molar-refractivity contribution is -0.155. The van der Waals surface area contributed by atoms with Crippen molar-refractivity contribution in [3.05, 3.63) is 64.7 Å². The zero-order chi connectivity index (χ0) is 30.0. The van der Waals surface area contributed by atoms with E-state index in [-0.39, 0.29) is 18.3 Å². The molecule has 1 aliphatic heterocycles. The molecule has 2 aromatic rings. The molecule has 218 valence electrons. The first-order chi connectivity index (χ1) is 19.5. The van der Waals surface area contributed by atoms with Crippen molar-refractivity contribution in [3.8, 4) is 11.8 Å². The number of anilines is 1. The van der Waals surface area contributed by atoms with E-state index in [1.807, 2.05) is 0 Å². The normalized spacial score (nSPS) is 13.4. The summed E-state index contributed by atoms with van der Waals surface area (Å²) >= 11 is 0. The quantitative estimate of drug-likeness (QED) is 0.187. The SMILES string of the molecule is CCOC(=O)C(OC)c1cc(C#CCNc2ccc(C(=N)NC(=O)OC(C)(C)C)cc2)ccc1C(=O)N1CCCC1. The van der Waals surface area contributed by atoms with Crippen LogP contribution in [0.3, 0.4) is 0 Å². The first-order valence-electron chi connectivity index (χ1n) is 13.6. The second kappa shape index (κ2) is 14.3. The van der Waals surface area contributed by atoms with Gasteiger partial charge in [-0.15, -0.1) is 0 Å². The Bertz CT molecular complexity index is 1310. The minimum atomic E-state index is -1.04. The Labute approximate surface area is 241 Å². The van der Waals surface area contributed by atoms with E-state index in [1.165, 1.54) is 7.11 Å². The lowest BCUT2D eigenvalue weighted by Gasteiger charge is -2.21. The van der Waals surface area contributed by atoms with Crippen molar-refractivity contribution in [2.75, 3.05) is 38.7 Å². The van der Waals surface area contributed by atoms with Gasteiger partial charge in [-0.3, -0.25) is 15.5 Å². The van der Waals surface area contributed by atoms with Gasteiger partial charge < -0.3 is 24.4 Å². The van der Waals surface area contributed by atoms with Crippen LogP contribution in [-0.4, -0.2) is 67.7 Å². The lowest BCUT2D eigenvalue weighted by Crippen LogP contribution is -2.36. The summed E-state index contributed by atoms with van der Waals surface area (Å²) in [5, 5.41) is 13.7. The summed E-state index contributed by atoms with van der Waals surface area (Å²) in [5.41, 5.74) is 2.12. The second-order valence-electron chi connectivity index (χ2n) is 10.4. The minimum absolute atomic E-state index is 0.0646. The Morgan fingerprint density at radius 2 is 1.76 bits per heavy atom. The zero-order valence-electron chi connectivity index (χ0n) is 24.3. The Hall–Kier alpha value is -4.36. The molecule has 0 aromatic heterocycles. The van der Waals surface area contributed by atoms with Gasteiger partial charge in [-0.05, 0) is 83.0 Å². The van der Waals surface area contributed by atoms with Crippen molar-refractivity contribution in [1.29, 1.82) is 5.41 Å². The molecule has 0 aliphatic carbocycles. The number of likely N-dealkylation sites (tertiary alicyclic amines) is 1. The van der Waals surface area contributed by atoms with E-state index in [4.69, 9.17) is 19.6 Å². The lowest BCUT2D eigenvalue weighted by atomic mass is 9.98. The number of nitrogens with zero attached hydrogens (tertiary/aromatic N) is 1. The number of benzene rings is 2. The molecule has 10 heteroatoms. The highest BCUT2D eigenvalue weighted by molar-refractivity contribution is 6.04. The molecular weight excluding hydrogens is 524 g/mol. The number of amides is 2. The third kappa shape index (κ3) is 9.08. The molecule has 3 rings (SSSR count). The first-order valence-corrected chi connectivity index (χ1v) is 13.6. The fourth-order valence-corrected chi connectivity index (χ4v) is 4.24. The summed E-state index contributed by atoms with van der Waals surface area (Å²) in [6, 6.07) is 12.1. The average Bonchev–Trinajstić information content (AvgIpc) is 3.46. The van der Waals surface area contributed by atoms with Crippen LogP contribution in [0.2, 0.25) is 0 Å². The Morgan fingerprint density at radius 1 is 1.07 bits per heavy atom. The number of hydrogen-bond acceptors (Lipinski definition) is 8. The number of amidine groups is 1. The fourth-order valence-electron chi connectivity index (χ4n) is 4.24. The molecule has 2 aromatic carbocycles. The summed E-state index contributed by atoms with van der Waals surface area (Å²) in [6.45, 7) is 8.87. The zero-order valence-corrected chi connectivity index (χ0v) is 24.3. The molecule has 1 saturated heterocycles. The molecule has 0 bridgehead atoms. The number of nitrogens with one attached hydrogen (secondary N) is 3. The van der Waals surface area contributed by atoms with Crippen LogP contribution < -0.4 is 10.6 Å². The van der Waals surface area contributed by atoms with Gasteiger partial charge in [-0.1, -0.05) is 11.8 Å². The maximum Gasteiger partial charge on any atom is 0.413 e. The molecule has 1 atom stereocenters. The number of carbonyl (C=O) groups is 3. The maximum absolute atomic E-state index is 13.2. The summed E-state index contributed by atoms with van der Waals surface area (Å²) in [6.07, 6.45) is 0.184. The van der Waals surface area contributed by atoms with E-state index in [1.54, 1.807) is 75.1 Å². The molecule has 1 fully saturated rings. The van der Waals surface area contributed by atoms with Crippen LogP contribution in [0.1, 0.15) is 73.7 Å². The van der Waals surface area contributed by atoms with Gasteiger partial charge in [0.15, 0.2) is 6.10 Å². The highest BCUT2D eigenvalue weighted by Gasteiger charge is 2.29. The third-order valence-corrected chi connectivity index (χ3v) is 6.11. The van der Waals surface area contributed by atoms with Crippen LogP contribution in [0.5, 0.6) is 0 Å². The number of ether oxygens (including phenoxy) is 3. The number of carbonyl (C=O) groups excluding carboxylic acids is 3. The van der Waals surface area contributed by atoms with Crippen molar-refractivity contribution >= 4 is 29.5 Å². The molecule has 1 aliphatic rings. The highest BCUT2D eigenvalue weighted by Crippen LogP contribution is 2.26. The van der Waals surface area contributed by atoms with Crippen LogP contribution in [0.25, 0.3) is 0 Å². The van der Waals surface area contributed by atoms with Gasteiger partial charge in [0, 0.05) is 48.1 Å². The number of rotatable bonds is 8. The van der Waals surface area contributed by atoms with Gasteiger partial charge in [-0.2, -0.15) is 0 Å². The molecule has 1 heterocycles. The standard InChI is InChI=1S/C31H38N4O6/c1-6-40-29(37)26(39-5)25-20-21(11-16-24(25)28(36)35-18-7-8-19-35)10-9-17-33-23-14-12-22(13-15-23)27(32)34-30(38)41-31(2,3)4/h11-16,20,26,33H,6-8,17-19H2,1-5H3,(H2,32,34,38). The molecule has 10 nitrogen and oxygen atoms in total. The van der Waals surface area contributed by atoms with Crippen LogP contribution in [0.4, 0.5) is 10.5 Å². The van der Waals surface area contributed by atoms with Crippen LogP contribution in [0.15, 0.2) is 42.5 Å². The van der Waals surface area contributed by atoms with Gasteiger partial charge >= 0.3 is 12.1 Å². The fraction of sp³-hybridized carbons (Fsp3) is 0.419. The van der Waals surface area contributed by atoms with E-state index >= 15 is 0 Å². The molecule has 3 N–H and O–H groups in total. The number of methoxy groups -OCH3 is 1. The highest BCUT2D eigenvalue weighted by atomic mass is 16.6. The molecule has 0 radical (unpaired) electrons. The largest absolute Gasteiger partial charge is 0.464 e. The molecule has 0 saturated carbocycles. The molecule has 1 unspecified atom stereocenters. The van der Waals surface area contributed by atoms with E-state index in [0.717, 1.165) is 18.5 Å². The van der Waals surface area contributed by atoms with Gasteiger partial charge in [0.05, 0.1) is 13.2 Å². The molecule has 41 heavy (non-hydrogen) atoms. The molecule has 0 spiro atoms. The third-order valence-electron chi connectivity index (χ3n) is 6.11. The van der Waals surface area contributed by atoms with Gasteiger partial charge in [0.2, 0.25) is 0 Å². The maximum atomic E-state index is 13.2. The van der Waals surface area contributed by atoms with Gasteiger partial charge in [0.25, 0.3) is 5.91 Å².